The molecule has 0 rings (SSSR count). The van der Waals surface area contributed by atoms with Gasteiger partial charge in [0.25, 0.3) is 0 Å². The fourth-order valence-corrected chi connectivity index (χ4v) is 1.91. The van der Waals surface area contributed by atoms with Gasteiger partial charge in [-0.05, 0) is 31.3 Å². The van der Waals surface area contributed by atoms with Gasteiger partial charge in [0.15, 0.2) is 0 Å². The molecule has 0 fully saturated rings. The Bertz CT molecular complexity index is 174. The number of thioether (sulfide) groups is 1. The lowest BCUT2D eigenvalue weighted by molar-refractivity contribution is -0.122. The molecule has 0 saturated heterocycles. The first-order valence-corrected chi connectivity index (χ1v) is 5.81. The first kappa shape index (κ1) is 13.7. The molecule has 0 radical (unpaired) electrons. The van der Waals surface area contributed by atoms with E-state index in [0.29, 0.717) is 6.42 Å². The number of nitrogens with two attached hydrogens (primary N) is 2. The Balaban J connectivity index is 3.40. The zero-order chi connectivity index (χ0) is 11.0. The Hall–Kier alpha value is -0.260. The maximum atomic E-state index is 10.9. The molecule has 5 heteroatoms. The lowest BCUT2D eigenvalue weighted by atomic mass is 10.0. The maximum absolute atomic E-state index is 10.9. The summed E-state index contributed by atoms with van der Waals surface area (Å²) in [5.74, 6) is 1.46. The minimum atomic E-state index is -0.867. The van der Waals surface area contributed by atoms with E-state index in [0.717, 1.165) is 24.5 Å². The lowest BCUT2D eigenvalue weighted by Crippen LogP contribution is -2.49. The van der Waals surface area contributed by atoms with Crippen LogP contribution in [0.3, 0.4) is 0 Å². The summed E-state index contributed by atoms with van der Waals surface area (Å²) in [4.78, 5) is 10.9. The highest BCUT2D eigenvalue weighted by molar-refractivity contribution is 7.99. The summed E-state index contributed by atoms with van der Waals surface area (Å²) < 4.78 is 4.92. The molecule has 0 aliphatic carbocycles. The number of primary amides is 1. The van der Waals surface area contributed by atoms with Crippen LogP contribution in [0.25, 0.3) is 0 Å². The standard InChI is InChI=1S/C9H20N2O2S/c1-9(11,8(10)12)4-7-14-6-3-5-13-2/h3-7,11H2,1-2H3,(H2,10,12). The Kier molecular flexibility index (Phi) is 6.96. The van der Waals surface area contributed by atoms with Gasteiger partial charge in [-0.1, -0.05) is 0 Å². The summed E-state index contributed by atoms with van der Waals surface area (Å²) >= 11 is 1.77. The first-order valence-electron chi connectivity index (χ1n) is 4.66. The van der Waals surface area contributed by atoms with Gasteiger partial charge in [0.2, 0.25) is 5.91 Å². The zero-order valence-electron chi connectivity index (χ0n) is 8.91. The highest BCUT2D eigenvalue weighted by Gasteiger charge is 2.24. The molecule has 1 atom stereocenters. The molecule has 0 spiro atoms. The van der Waals surface area contributed by atoms with E-state index < -0.39 is 11.4 Å². The van der Waals surface area contributed by atoms with Crippen LogP contribution in [-0.4, -0.2) is 36.7 Å². The molecule has 0 saturated carbocycles. The molecule has 0 aromatic carbocycles. The van der Waals surface area contributed by atoms with Crippen molar-refractivity contribution in [3.05, 3.63) is 0 Å². The second kappa shape index (κ2) is 7.09. The van der Waals surface area contributed by atoms with Gasteiger partial charge in [0.1, 0.15) is 0 Å². The molecular formula is C9H20N2O2S. The van der Waals surface area contributed by atoms with Gasteiger partial charge in [-0.25, -0.2) is 0 Å². The van der Waals surface area contributed by atoms with Gasteiger partial charge >= 0.3 is 0 Å². The molecule has 1 unspecified atom stereocenters. The largest absolute Gasteiger partial charge is 0.385 e. The van der Waals surface area contributed by atoms with Crippen molar-refractivity contribution in [1.82, 2.24) is 0 Å². The van der Waals surface area contributed by atoms with Gasteiger partial charge in [-0.2, -0.15) is 11.8 Å². The van der Waals surface area contributed by atoms with Crippen molar-refractivity contribution in [2.45, 2.75) is 25.3 Å². The second-order valence-electron chi connectivity index (χ2n) is 3.49. The Morgan fingerprint density at radius 1 is 1.50 bits per heavy atom. The number of carbonyl (C=O) groups is 1. The number of rotatable bonds is 8. The van der Waals surface area contributed by atoms with Crippen molar-refractivity contribution in [2.75, 3.05) is 25.2 Å². The van der Waals surface area contributed by atoms with Crippen LogP contribution in [0, 0.1) is 0 Å². The number of amides is 1. The molecule has 0 bridgehead atoms. The van der Waals surface area contributed by atoms with Crippen LogP contribution < -0.4 is 11.5 Å². The van der Waals surface area contributed by atoms with Crippen LogP contribution in [-0.2, 0) is 9.53 Å². The van der Waals surface area contributed by atoms with E-state index >= 15 is 0 Å². The molecular weight excluding hydrogens is 200 g/mol. The molecule has 0 aliphatic heterocycles. The topological polar surface area (TPSA) is 78.3 Å². The van der Waals surface area contributed by atoms with E-state index in [1.165, 1.54) is 0 Å². The van der Waals surface area contributed by atoms with E-state index in [1.54, 1.807) is 25.8 Å². The third-order valence-corrected chi connectivity index (χ3v) is 3.04. The van der Waals surface area contributed by atoms with Gasteiger partial charge in [0, 0.05) is 13.7 Å². The van der Waals surface area contributed by atoms with E-state index in [1.807, 2.05) is 0 Å². The summed E-state index contributed by atoms with van der Waals surface area (Å²) in [6.45, 7) is 2.45. The molecule has 4 nitrogen and oxygen atoms in total. The van der Waals surface area contributed by atoms with Crippen molar-refractivity contribution < 1.29 is 9.53 Å². The van der Waals surface area contributed by atoms with Gasteiger partial charge in [-0.3, -0.25) is 4.79 Å². The summed E-state index contributed by atoms with van der Waals surface area (Å²) in [7, 11) is 1.69. The van der Waals surface area contributed by atoms with Crippen molar-refractivity contribution in [3.8, 4) is 0 Å². The summed E-state index contributed by atoms with van der Waals surface area (Å²) in [6.07, 6.45) is 1.65. The fraction of sp³-hybridized carbons (Fsp3) is 0.889. The minimum Gasteiger partial charge on any atom is -0.385 e. The number of ether oxygens (including phenoxy) is 1. The quantitative estimate of drug-likeness (QED) is 0.579. The molecule has 0 aliphatic rings. The van der Waals surface area contributed by atoms with Gasteiger partial charge in [0.05, 0.1) is 5.54 Å². The second-order valence-corrected chi connectivity index (χ2v) is 4.72. The smallest absolute Gasteiger partial charge is 0.237 e. The number of hydrogen-bond donors (Lipinski definition) is 2. The van der Waals surface area contributed by atoms with Crippen LogP contribution in [0.5, 0.6) is 0 Å². The molecule has 0 aromatic heterocycles. The predicted molar refractivity (Wildman–Crippen MR) is 60.2 cm³/mol. The molecule has 0 aromatic rings. The van der Waals surface area contributed by atoms with Gasteiger partial charge < -0.3 is 16.2 Å². The average Bonchev–Trinajstić information content (AvgIpc) is 2.10. The lowest BCUT2D eigenvalue weighted by Gasteiger charge is -2.19. The average molecular weight is 220 g/mol. The highest BCUT2D eigenvalue weighted by atomic mass is 32.2. The first-order chi connectivity index (χ1) is 6.50. The number of hydrogen-bond acceptors (Lipinski definition) is 4. The number of methoxy groups -OCH3 is 1. The summed E-state index contributed by atoms with van der Waals surface area (Å²) in [5.41, 5.74) is 9.96. The third-order valence-electron chi connectivity index (χ3n) is 1.97. The van der Waals surface area contributed by atoms with E-state index in [4.69, 9.17) is 16.2 Å². The molecule has 84 valence electrons. The number of carbonyl (C=O) groups excluding carboxylic acids is 1. The molecule has 4 N–H and O–H groups in total. The van der Waals surface area contributed by atoms with E-state index in [9.17, 15) is 4.79 Å². The van der Waals surface area contributed by atoms with Gasteiger partial charge in [-0.15, -0.1) is 0 Å². The van der Waals surface area contributed by atoms with Crippen molar-refractivity contribution in [2.24, 2.45) is 11.5 Å². The zero-order valence-corrected chi connectivity index (χ0v) is 9.73. The Morgan fingerprint density at radius 3 is 2.64 bits per heavy atom. The van der Waals surface area contributed by atoms with Crippen LogP contribution in [0.4, 0.5) is 0 Å². The Morgan fingerprint density at radius 2 is 2.14 bits per heavy atom. The summed E-state index contributed by atoms with van der Waals surface area (Å²) in [6, 6.07) is 0. The normalized spacial score (nSPS) is 15.1. The van der Waals surface area contributed by atoms with Crippen LogP contribution in [0.15, 0.2) is 0 Å². The van der Waals surface area contributed by atoms with Crippen molar-refractivity contribution >= 4 is 17.7 Å². The van der Waals surface area contributed by atoms with E-state index in [2.05, 4.69) is 0 Å². The molecule has 1 amide bonds. The van der Waals surface area contributed by atoms with Crippen LogP contribution in [0.1, 0.15) is 19.8 Å². The third kappa shape index (κ3) is 6.23. The van der Waals surface area contributed by atoms with Crippen LogP contribution in [0.2, 0.25) is 0 Å². The molecule has 14 heavy (non-hydrogen) atoms. The van der Waals surface area contributed by atoms with E-state index in [-0.39, 0.29) is 0 Å². The van der Waals surface area contributed by atoms with Crippen molar-refractivity contribution in [3.63, 3.8) is 0 Å². The fourth-order valence-electron chi connectivity index (χ4n) is 0.815. The Labute approximate surface area is 89.7 Å². The molecule has 0 heterocycles. The monoisotopic (exact) mass is 220 g/mol. The highest BCUT2D eigenvalue weighted by Crippen LogP contribution is 2.11. The van der Waals surface area contributed by atoms with Crippen molar-refractivity contribution in [1.29, 1.82) is 0 Å². The summed E-state index contributed by atoms with van der Waals surface area (Å²) in [5, 5.41) is 0. The predicted octanol–water partition coefficient (Wildman–Crippen LogP) is 0.349. The van der Waals surface area contributed by atoms with Crippen LogP contribution >= 0.6 is 11.8 Å². The maximum Gasteiger partial charge on any atom is 0.237 e. The SMILES string of the molecule is COCCCSCCC(C)(N)C(N)=O. The minimum absolute atomic E-state index is 0.435.